The molecule has 1 rings (SSSR count). The van der Waals surface area contributed by atoms with E-state index in [0.29, 0.717) is 12.1 Å². The fraction of sp³-hybridized carbons (Fsp3) is 0.556. The SMILES string of the molecule is CNC1CC=C(C(C)=O)N(C)C1=O. The van der Waals surface area contributed by atoms with Gasteiger partial charge < -0.3 is 10.2 Å². The molecule has 0 radical (unpaired) electrons. The van der Waals surface area contributed by atoms with Crippen LogP contribution in [0.3, 0.4) is 0 Å². The summed E-state index contributed by atoms with van der Waals surface area (Å²) >= 11 is 0. The third kappa shape index (κ3) is 1.78. The van der Waals surface area contributed by atoms with Crippen LogP contribution in [0.25, 0.3) is 0 Å². The third-order valence-electron chi connectivity index (χ3n) is 2.25. The Morgan fingerprint density at radius 3 is 2.77 bits per heavy atom. The minimum absolute atomic E-state index is 0.0461. The molecule has 4 nitrogen and oxygen atoms in total. The van der Waals surface area contributed by atoms with Gasteiger partial charge in [0, 0.05) is 14.0 Å². The second-order valence-corrected chi connectivity index (χ2v) is 3.12. The molecule has 1 unspecified atom stereocenters. The molecule has 13 heavy (non-hydrogen) atoms. The van der Waals surface area contributed by atoms with E-state index < -0.39 is 0 Å². The molecular formula is C9H14N2O2. The zero-order chi connectivity index (χ0) is 10.0. The van der Waals surface area contributed by atoms with Gasteiger partial charge in [-0.05, 0) is 13.5 Å². The summed E-state index contributed by atoms with van der Waals surface area (Å²) in [6.45, 7) is 1.47. The number of hydrogen-bond acceptors (Lipinski definition) is 3. The van der Waals surface area contributed by atoms with Gasteiger partial charge >= 0.3 is 0 Å². The van der Waals surface area contributed by atoms with Crippen molar-refractivity contribution in [3.63, 3.8) is 0 Å². The number of ketones is 1. The van der Waals surface area contributed by atoms with Crippen LogP contribution in [0.15, 0.2) is 11.8 Å². The van der Waals surface area contributed by atoms with Crippen LogP contribution in [0.2, 0.25) is 0 Å². The maximum absolute atomic E-state index is 11.5. The number of nitrogens with zero attached hydrogens (tertiary/aromatic N) is 1. The van der Waals surface area contributed by atoms with Crippen LogP contribution in [0.1, 0.15) is 13.3 Å². The molecule has 1 N–H and O–H groups in total. The number of Topliss-reactive ketones (excluding diaryl/α,β-unsaturated/α-hetero) is 1. The second kappa shape index (κ2) is 3.70. The third-order valence-corrected chi connectivity index (χ3v) is 2.25. The van der Waals surface area contributed by atoms with Crippen molar-refractivity contribution in [2.75, 3.05) is 14.1 Å². The quantitative estimate of drug-likeness (QED) is 0.649. The predicted octanol–water partition coefficient (Wildman–Crippen LogP) is -0.0906. The van der Waals surface area contributed by atoms with Gasteiger partial charge in [0.25, 0.3) is 0 Å². The lowest BCUT2D eigenvalue weighted by Gasteiger charge is -2.28. The lowest BCUT2D eigenvalue weighted by Crippen LogP contribution is -2.46. The topological polar surface area (TPSA) is 49.4 Å². The van der Waals surface area contributed by atoms with Crippen molar-refractivity contribution in [3.05, 3.63) is 11.8 Å². The first-order valence-electron chi connectivity index (χ1n) is 4.24. The van der Waals surface area contributed by atoms with Gasteiger partial charge in [0.05, 0.1) is 11.7 Å². The van der Waals surface area contributed by atoms with E-state index in [-0.39, 0.29) is 17.7 Å². The average Bonchev–Trinajstić information content (AvgIpc) is 2.09. The Labute approximate surface area is 77.6 Å². The molecular weight excluding hydrogens is 168 g/mol. The molecule has 1 aliphatic rings. The number of rotatable bonds is 2. The zero-order valence-electron chi connectivity index (χ0n) is 8.13. The molecule has 0 bridgehead atoms. The van der Waals surface area contributed by atoms with Crippen LogP contribution >= 0.6 is 0 Å². The van der Waals surface area contributed by atoms with E-state index in [9.17, 15) is 9.59 Å². The highest BCUT2D eigenvalue weighted by molar-refractivity contribution is 5.99. The number of nitrogens with one attached hydrogen (secondary N) is 1. The van der Waals surface area contributed by atoms with Crippen molar-refractivity contribution in [1.29, 1.82) is 0 Å². The van der Waals surface area contributed by atoms with E-state index in [1.807, 2.05) is 0 Å². The van der Waals surface area contributed by atoms with Crippen molar-refractivity contribution in [2.45, 2.75) is 19.4 Å². The summed E-state index contributed by atoms with van der Waals surface area (Å²) in [5.74, 6) is -0.111. The number of likely N-dealkylation sites (N-methyl/N-ethyl adjacent to an activating group) is 2. The van der Waals surface area contributed by atoms with Gasteiger partial charge in [-0.15, -0.1) is 0 Å². The highest BCUT2D eigenvalue weighted by atomic mass is 16.2. The molecule has 0 fully saturated rings. The fourth-order valence-electron chi connectivity index (χ4n) is 1.44. The molecule has 0 aliphatic carbocycles. The number of amides is 1. The van der Waals surface area contributed by atoms with Gasteiger partial charge in [0.2, 0.25) is 5.91 Å². The van der Waals surface area contributed by atoms with Gasteiger partial charge in [-0.1, -0.05) is 6.08 Å². The highest BCUT2D eigenvalue weighted by Crippen LogP contribution is 2.14. The maximum Gasteiger partial charge on any atom is 0.244 e. The van der Waals surface area contributed by atoms with Crippen LogP contribution in [0.4, 0.5) is 0 Å². The molecule has 1 atom stereocenters. The monoisotopic (exact) mass is 182 g/mol. The van der Waals surface area contributed by atoms with Crippen molar-refractivity contribution in [3.8, 4) is 0 Å². The summed E-state index contributed by atoms with van der Waals surface area (Å²) in [7, 11) is 3.36. The largest absolute Gasteiger partial charge is 0.311 e. The molecule has 1 amide bonds. The Morgan fingerprint density at radius 2 is 2.31 bits per heavy atom. The van der Waals surface area contributed by atoms with Gasteiger partial charge in [0.1, 0.15) is 0 Å². The number of allylic oxidation sites excluding steroid dienone is 1. The molecule has 4 heteroatoms. The van der Waals surface area contributed by atoms with E-state index in [1.165, 1.54) is 11.8 Å². The first kappa shape index (κ1) is 9.92. The minimum Gasteiger partial charge on any atom is -0.311 e. The number of carbonyl (C=O) groups is 2. The maximum atomic E-state index is 11.5. The summed E-state index contributed by atoms with van der Waals surface area (Å²) in [5.41, 5.74) is 0.497. The van der Waals surface area contributed by atoms with Gasteiger partial charge in [0.15, 0.2) is 5.78 Å². The van der Waals surface area contributed by atoms with E-state index in [0.717, 1.165) is 0 Å². The van der Waals surface area contributed by atoms with Crippen LogP contribution in [0.5, 0.6) is 0 Å². The smallest absolute Gasteiger partial charge is 0.244 e. The molecule has 0 aromatic carbocycles. The number of carbonyl (C=O) groups excluding carboxylic acids is 2. The zero-order valence-corrected chi connectivity index (χ0v) is 8.13. The van der Waals surface area contributed by atoms with Crippen LogP contribution < -0.4 is 5.32 Å². The van der Waals surface area contributed by atoms with Crippen LogP contribution in [0, 0.1) is 0 Å². The van der Waals surface area contributed by atoms with E-state index >= 15 is 0 Å². The molecule has 0 saturated heterocycles. The Balaban J connectivity index is 2.88. The lowest BCUT2D eigenvalue weighted by atomic mass is 10.1. The average molecular weight is 182 g/mol. The first-order valence-corrected chi connectivity index (χ1v) is 4.24. The predicted molar refractivity (Wildman–Crippen MR) is 49.0 cm³/mol. The fourth-order valence-corrected chi connectivity index (χ4v) is 1.44. The van der Waals surface area contributed by atoms with Crippen LogP contribution in [-0.4, -0.2) is 36.7 Å². The molecule has 0 saturated carbocycles. The Kier molecular flexibility index (Phi) is 2.83. The number of hydrogen-bond donors (Lipinski definition) is 1. The summed E-state index contributed by atoms with van der Waals surface area (Å²) in [4.78, 5) is 24.0. The summed E-state index contributed by atoms with van der Waals surface area (Å²) in [6.07, 6.45) is 2.39. The molecule has 1 heterocycles. The van der Waals surface area contributed by atoms with E-state index in [2.05, 4.69) is 5.32 Å². The molecule has 0 aromatic heterocycles. The van der Waals surface area contributed by atoms with Crippen LogP contribution in [-0.2, 0) is 9.59 Å². The molecule has 72 valence electrons. The minimum atomic E-state index is -0.187. The van der Waals surface area contributed by atoms with Gasteiger partial charge in [-0.3, -0.25) is 9.59 Å². The van der Waals surface area contributed by atoms with Gasteiger partial charge in [-0.25, -0.2) is 0 Å². The lowest BCUT2D eigenvalue weighted by molar-refractivity contribution is -0.133. The Morgan fingerprint density at radius 1 is 1.69 bits per heavy atom. The highest BCUT2D eigenvalue weighted by Gasteiger charge is 2.27. The van der Waals surface area contributed by atoms with Crippen molar-refractivity contribution in [1.82, 2.24) is 10.2 Å². The summed E-state index contributed by atoms with van der Waals surface area (Å²) in [6, 6.07) is -0.187. The first-order chi connectivity index (χ1) is 6.07. The normalized spacial score (nSPS) is 23.0. The molecule has 0 aromatic rings. The van der Waals surface area contributed by atoms with E-state index in [1.54, 1.807) is 20.2 Å². The standard InChI is InChI=1S/C9H14N2O2/c1-6(12)8-5-4-7(10-2)9(13)11(8)3/h5,7,10H,4H2,1-3H3. The van der Waals surface area contributed by atoms with Crippen molar-refractivity contribution >= 4 is 11.7 Å². The second-order valence-electron chi connectivity index (χ2n) is 3.12. The summed E-state index contributed by atoms with van der Waals surface area (Å²) in [5, 5.41) is 2.90. The van der Waals surface area contributed by atoms with E-state index in [4.69, 9.17) is 0 Å². The molecule has 1 aliphatic heterocycles. The van der Waals surface area contributed by atoms with Crippen molar-refractivity contribution < 1.29 is 9.59 Å². The van der Waals surface area contributed by atoms with Crippen molar-refractivity contribution in [2.24, 2.45) is 0 Å². The Hall–Kier alpha value is -1.16. The van der Waals surface area contributed by atoms with Gasteiger partial charge in [-0.2, -0.15) is 0 Å². The summed E-state index contributed by atoms with van der Waals surface area (Å²) < 4.78 is 0. The molecule has 0 spiro atoms. The Bertz CT molecular complexity index is 271.